The van der Waals surface area contributed by atoms with Crippen LogP contribution >= 0.6 is 0 Å². The Morgan fingerprint density at radius 3 is 2.42 bits per heavy atom. The minimum Gasteiger partial charge on any atom is -0.443 e. The van der Waals surface area contributed by atoms with Crippen molar-refractivity contribution in [3.05, 3.63) is 0 Å². The summed E-state index contributed by atoms with van der Waals surface area (Å²) in [6.07, 6.45) is 1.95. The molecule has 1 heterocycles. The summed E-state index contributed by atoms with van der Waals surface area (Å²) in [5.74, 6) is 0.609. The number of hydrazine groups is 1. The number of carbonyl (C=O) groups excluding carboxylic acids is 1. The van der Waals surface area contributed by atoms with E-state index in [2.05, 4.69) is 29.6 Å². The summed E-state index contributed by atoms with van der Waals surface area (Å²) in [5.41, 5.74) is 5.24. The van der Waals surface area contributed by atoms with E-state index in [1.165, 1.54) is 12.8 Å². The second kappa shape index (κ2) is 7.10. The molecule has 0 aromatic rings. The highest BCUT2D eigenvalue weighted by Crippen LogP contribution is 2.20. The molecule has 0 saturated carbocycles. The van der Waals surface area contributed by atoms with Crippen molar-refractivity contribution >= 4 is 6.09 Å². The first-order valence-electron chi connectivity index (χ1n) is 7.28. The van der Waals surface area contributed by atoms with E-state index < -0.39 is 11.7 Å². The maximum absolute atomic E-state index is 11.5. The number of hydrogen-bond acceptors (Lipinski definition) is 4. The zero-order valence-electron chi connectivity index (χ0n) is 13.0. The van der Waals surface area contributed by atoms with Crippen LogP contribution in [0.1, 0.15) is 47.5 Å². The molecule has 0 aromatic carbocycles. The Morgan fingerprint density at radius 2 is 1.95 bits per heavy atom. The van der Waals surface area contributed by atoms with Crippen molar-refractivity contribution in [3.63, 3.8) is 0 Å². The highest BCUT2D eigenvalue weighted by atomic mass is 16.6. The minimum atomic E-state index is -0.457. The smallest absolute Gasteiger partial charge is 0.422 e. The highest BCUT2D eigenvalue weighted by molar-refractivity contribution is 5.67. The molecule has 1 fully saturated rings. The van der Waals surface area contributed by atoms with Gasteiger partial charge >= 0.3 is 6.09 Å². The Kier molecular flexibility index (Phi) is 6.07. The Labute approximate surface area is 117 Å². The fourth-order valence-corrected chi connectivity index (χ4v) is 2.36. The lowest BCUT2D eigenvalue weighted by Crippen LogP contribution is -2.50. The summed E-state index contributed by atoms with van der Waals surface area (Å²) < 4.78 is 5.19. The molecule has 0 spiro atoms. The van der Waals surface area contributed by atoms with Gasteiger partial charge in [0.1, 0.15) is 5.60 Å². The SMILES string of the molecule is CCN1CCC(C(C)NNC(=O)OC(C)(C)C)CC1. The predicted molar refractivity (Wildman–Crippen MR) is 76.8 cm³/mol. The van der Waals surface area contributed by atoms with E-state index in [1.807, 2.05) is 20.8 Å². The van der Waals surface area contributed by atoms with Gasteiger partial charge in [0, 0.05) is 6.04 Å². The Bertz CT molecular complexity index is 281. The quantitative estimate of drug-likeness (QED) is 0.769. The monoisotopic (exact) mass is 271 g/mol. The molecule has 112 valence electrons. The van der Waals surface area contributed by atoms with Gasteiger partial charge in [-0.05, 0) is 66.1 Å². The van der Waals surface area contributed by atoms with Crippen molar-refractivity contribution in [1.82, 2.24) is 15.8 Å². The number of rotatable bonds is 4. The fraction of sp³-hybridized carbons (Fsp3) is 0.929. The van der Waals surface area contributed by atoms with Gasteiger partial charge in [-0.1, -0.05) is 6.92 Å². The third-order valence-electron chi connectivity index (χ3n) is 3.59. The van der Waals surface area contributed by atoms with Crippen molar-refractivity contribution in [2.45, 2.75) is 59.1 Å². The van der Waals surface area contributed by atoms with E-state index in [9.17, 15) is 4.79 Å². The normalized spacial score (nSPS) is 20.1. The number of ether oxygens (including phenoxy) is 1. The minimum absolute atomic E-state index is 0.270. The second-order valence-corrected chi connectivity index (χ2v) is 6.33. The number of nitrogens with zero attached hydrogens (tertiary/aromatic N) is 1. The van der Waals surface area contributed by atoms with E-state index in [0.29, 0.717) is 5.92 Å². The van der Waals surface area contributed by atoms with Crippen LogP contribution in [0.3, 0.4) is 0 Å². The second-order valence-electron chi connectivity index (χ2n) is 6.33. The van der Waals surface area contributed by atoms with Crippen LogP contribution in [0, 0.1) is 5.92 Å². The van der Waals surface area contributed by atoms with E-state index in [1.54, 1.807) is 0 Å². The zero-order chi connectivity index (χ0) is 14.5. The lowest BCUT2D eigenvalue weighted by atomic mass is 9.91. The molecule has 2 N–H and O–H groups in total. The van der Waals surface area contributed by atoms with Crippen molar-refractivity contribution in [3.8, 4) is 0 Å². The standard InChI is InChI=1S/C14H29N3O2/c1-6-17-9-7-12(8-10-17)11(2)15-16-13(18)19-14(3,4)5/h11-12,15H,6-10H2,1-5H3,(H,16,18). The average Bonchev–Trinajstić information content (AvgIpc) is 2.34. The number of piperidine rings is 1. The molecule has 1 amide bonds. The van der Waals surface area contributed by atoms with Gasteiger partial charge in [-0.3, -0.25) is 5.43 Å². The van der Waals surface area contributed by atoms with Gasteiger partial charge in [0.2, 0.25) is 0 Å². The van der Waals surface area contributed by atoms with Gasteiger partial charge < -0.3 is 9.64 Å². The lowest BCUT2D eigenvalue weighted by Gasteiger charge is -2.34. The Hall–Kier alpha value is -0.810. The number of hydrogen-bond donors (Lipinski definition) is 2. The predicted octanol–water partition coefficient (Wildman–Crippen LogP) is 2.14. The summed E-state index contributed by atoms with van der Waals surface area (Å²) >= 11 is 0. The van der Waals surface area contributed by atoms with Crippen LogP contribution in [0.5, 0.6) is 0 Å². The number of nitrogens with one attached hydrogen (secondary N) is 2. The molecule has 0 radical (unpaired) electrons. The maximum Gasteiger partial charge on any atom is 0.422 e. The van der Waals surface area contributed by atoms with E-state index in [-0.39, 0.29) is 6.04 Å². The average molecular weight is 271 g/mol. The van der Waals surface area contributed by atoms with Crippen LogP contribution in [-0.2, 0) is 4.74 Å². The summed E-state index contributed by atoms with van der Waals surface area (Å²) in [4.78, 5) is 14.0. The molecule has 19 heavy (non-hydrogen) atoms. The van der Waals surface area contributed by atoms with Crippen LogP contribution in [0.4, 0.5) is 4.79 Å². The van der Waals surface area contributed by atoms with E-state index in [4.69, 9.17) is 4.74 Å². The molecule has 5 heteroatoms. The Balaban J connectivity index is 2.24. The van der Waals surface area contributed by atoms with E-state index in [0.717, 1.165) is 19.6 Å². The number of carbonyl (C=O) groups is 1. The first kappa shape index (κ1) is 16.2. The van der Waals surface area contributed by atoms with Crippen LogP contribution in [0.15, 0.2) is 0 Å². The highest BCUT2D eigenvalue weighted by Gasteiger charge is 2.24. The first-order valence-corrected chi connectivity index (χ1v) is 7.28. The third kappa shape index (κ3) is 6.25. The summed E-state index contributed by atoms with van der Waals surface area (Å²) in [7, 11) is 0. The zero-order valence-corrected chi connectivity index (χ0v) is 13.0. The molecule has 1 saturated heterocycles. The molecular weight excluding hydrogens is 242 g/mol. The number of amides is 1. The summed E-state index contributed by atoms with van der Waals surface area (Å²) in [5, 5.41) is 0. The molecule has 0 aliphatic carbocycles. The van der Waals surface area contributed by atoms with Gasteiger partial charge in [0.05, 0.1) is 0 Å². The van der Waals surface area contributed by atoms with Gasteiger partial charge in [-0.2, -0.15) is 0 Å². The molecule has 5 nitrogen and oxygen atoms in total. The van der Waals surface area contributed by atoms with Crippen LogP contribution in [0.25, 0.3) is 0 Å². The molecular formula is C14H29N3O2. The molecule has 1 atom stereocenters. The van der Waals surface area contributed by atoms with Gasteiger partial charge in [-0.15, -0.1) is 0 Å². The van der Waals surface area contributed by atoms with Gasteiger partial charge in [-0.25, -0.2) is 10.2 Å². The molecule has 1 aliphatic rings. The van der Waals surface area contributed by atoms with Crippen LogP contribution in [-0.4, -0.2) is 42.3 Å². The molecule has 1 unspecified atom stereocenters. The molecule has 1 rings (SSSR count). The summed E-state index contributed by atoms with van der Waals surface area (Å²) in [6, 6.07) is 0.270. The topological polar surface area (TPSA) is 53.6 Å². The lowest BCUT2D eigenvalue weighted by molar-refractivity contribution is 0.0473. The van der Waals surface area contributed by atoms with Gasteiger partial charge in [0.15, 0.2) is 0 Å². The summed E-state index contributed by atoms with van der Waals surface area (Å²) in [6.45, 7) is 13.3. The van der Waals surface area contributed by atoms with Crippen LogP contribution in [0.2, 0.25) is 0 Å². The number of likely N-dealkylation sites (tertiary alicyclic amines) is 1. The van der Waals surface area contributed by atoms with Crippen molar-refractivity contribution in [2.24, 2.45) is 5.92 Å². The molecule has 0 bridgehead atoms. The fourth-order valence-electron chi connectivity index (χ4n) is 2.36. The van der Waals surface area contributed by atoms with E-state index >= 15 is 0 Å². The van der Waals surface area contributed by atoms with Gasteiger partial charge in [0.25, 0.3) is 0 Å². The largest absolute Gasteiger partial charge is 0.443 e. The Morgan fingerprint density at radius 1 is 1.37 bits per heavy atom. The first-order chi connectivity index (χ1) is 8.81. The third-order valence-corrected chi connectivity index (χ3v) is 3.59. The van der Waals surface area contributed by atoms with Crippen molar-refractivity contribution < 1.29 is 9.53 Å². The molecule has 0 aromatic heterocycles. The molecule has 1 aliphatic heterocycles. The van der Waals surface area contributed by atoms with Crippen LogP contribution < -0.4 is 10.9 Å². The van der Waals surface area contributed by atoms with Crippen molar-refractivity contribution in [2.75, 3.05) is 19.6 Å². The van der Waals surface area contributed by atoms with Crippen molar-refractivity contribution in [1.29, 1.82) is 0 Å². The maximum atomic E-state index is 11.5.